The van der Waals surface area contributed by atoms with Gasteiger partial charge in [0.1, 0.15) is 0 Å². The van der Waals surface area contributed by atoms with E-state index in [1.807, 2.05) is 35.8 Å². The molecule has 2 amide bonds. The van der Waals surface area contributed by atoms with Gasteiger partial charge in [-0.15, -0.1) is 0 Å². The van der Waals surface area contributed by atoms with E-state index in [1.165, 1.54) is 5.56 Å². The van der Waals surface area contributed by atoms with Crippen LogP contribution in [-0.2, 0) is 9.59 Å². The van der Waals surface area contributed by atoms with Gasteiger partial charge in [0, 0.05) is 44.9 Å². The lowest BCUT2D eigenvalue weighted by molar-refractivity contribution is -0.147. The number of carbonyl (C=O) groups excluding carboxylic acids is 2. The first-order chi connectivity index (χ1) is 10.4. The zero-order valence-corrected chi connectivity index (χ0v) is 13.5. The minimum Gasteiger partial charge on any atom is -0.339 e. The number of aromatic nitrogens is 1. The van der Waals surface area contributed by atoms with Crippen LogP contribution >= 0.6 is 0 Å². The average Bonchev–Trinajstić information content (AvgIpc) is 3.27. The Bertz CT molecular complexity index is 585. The van der Waals surface area contributed by atoms with Crippen molar-refractivity contribution in [1.29, 1.82) is 0 Å². The van der Waals surface area contributed by atoms with Crippen molar-refractivity contribution < 1.29 is 9.59 Å². The smallest absolute Gasteiger partial charge is 0.226 e. The molecular weight excluding hydrogens is 278 g/mol. The molecule has 22 heavy (non-hydrogen) atoms. The normalized spacial score (nSPS) is 26.7. The standard InChI is InChI=1S/C17H23N3O2/c1-12(21)19-8-9-20(17(2,3)11-19)16(22)15-10-14(15)13-4-6-18-7-5-13/h4-7,14-15H,8-11H2,1-3H3/t14-,15+/m0/s1. The Morgan fingerprint density at radius 3 is 2.50 bits per heavy atom. The monoisotopic (exact) mass is 301 g/mol. The average molecular weight is 301 g/mol. The summed E-state index contributed by atoms with van der Waals surface area (Å²) in [7, 11) is 0. The van der Waals surface area contributed by atoms with E-state index in [-0.39, 0.29) is 23.3 Å². The Labute approximate surface area is 131 Å². The van der Waals surface area contributed by atoms with Crippen LogP contribution in [0.5, 0.6) is 0 Å². The molecular formula is C17H23N3O2. The predicted molar refractivity (Wildman–Crippen MR) is 83.1 cm³/mol. The third-order valence-electron chi connectivity index (χ3n) is 4.86. The van der Waals surface area contributed by atoms with Gasteiger partial charge in [0.05, 0.1) is 5.54 Å². The van der Waals surface area contributed by atoms with Gasteiger partial charge in [-0.25, -0.2) is 0 Å². The molecule has 0 unspecified atom stereocenters. The lowest BCUT2D eigenvalue weighted by Crippen LogP contribution is -2.62. The Kier molecular flexibility index (Phi) is 3.67. The summed E-state index contributed by atoms with van der Waals surface area (Å²) in [6.45, 7) is 7.56. The van der Waals surface area contributed by atoms with Crippen LogP contribution in [0.15, 0.2) is 24.5 Å². The van der Waals surface area contributed by atoms with Gasteiger partial charge in [-0.1, -0.05) is 0 Å². The molecule has 0 aromatic carbocycles. The SMILES string of the molecule is CC(=O)N1CCN(C(=O)[C@@H]2C[C@H]2c2ccncc2)C(C)(C)C1. The van der Waals surface area contributed by atoms with E-state index < -0.39 is 0 Å². The van der Waals surface area contributed by atoms with Gasteiger partial charge in [-0.3, -0.25) is 14.6 Å². The van der Waals surface area contributed by atoms with E-state index in [1.54, 1.807) is 19.3 Å². The molecule has 1 saturated carbocycles. The zero-order valence-electron chi connectivity index (χ0n) is 13.5. The molecule has 5 heteroatoms. The molecule has 0 spiro atoms. The highest BCUT2D eigenvalue weighted by Crippen LogP contribution is 2.49. The Balaban J connectivity index is 1.68. The molecule has 1 aliphatic heterocycles. The first-order valence-corrected chi connectivity index (χ1v) is 7.87. The highest BCUT2D eigenvalue weighted by atomic mass is 16.2. The summed E-state index contributed by atoms with van der Waals surface area (Å²) in [5.41, 5.74) is 0.903. The molecule has 2 heterocycles. The number of amides is 2. The summed E-state index contributed by atoms with van der Waals surface area (Å²) >= 11 is 0. The van der Waals surface area contributed by atoms with Gasteiger partial charge >= 0.3 is 0 Å². The molecule has 1 aromatic heterocycles. The third kappa shape index (κ3) is 2.72. The van der Waals surface area contributed by atoms with Crippen molar-refractivity contribution in [2.75, 3.05) is 19.6 Å². The molecule has 1 aromatic rings. The minimum atomic E-state index is -0.299. The third-order valence-corrected chi connectivity index (χ3v) is 4.86. The maximum absolute atomic E-state index is 12.8. The second kappa shape index (κ2) is 5.38. The quantitative estimate of drug-likeness (QED) is 0.834. The van der Waals surface area contributed by atoms with E-state index >= 15 is 0 Å². The van der Waals surface area contributed by atoms with Crippen molar-refractivity contribution in [1.82, 2.24) is 14.8 Å². The van der Waals surface area contributed by atoms with Crippen molar-refractivity contribution in [2.45, 2.75) is 38.6 Å². The van der Waals surface area contributed by atoms with Gasteiger partial charge < -0.3 is 9.80 Å². The summed E-state index contributed by atoms with van der Waals surface area (Å²) < 4.78 is 0. The Hall–Kier alpha value is -1.91. The van der Waals surface area contributed by atoms with Crippen LogP contribution in [0.1, 0.15) is 38.7 Å². The summed E-state index contributed by atoms with van der Waals surface area (Å²) in [4.78, 5) is 32.2. The van der Waals surface area contributed by atoms with Crippen LogP contribution < -0.4 is 0 Å². The molecule has 2 fully saturated rings. The van der Waals surface area contributed by atoms with Crippen molar-refractivity contribution >= 4 is 11.8 Å². The number of hydrogen-bond donors (Lipinski definition) is 0. The minimum absolute atomic E-state index is 0.0845. The second-order valence-electron chi connectivity index (χ2n) is 6.97. The van der Waals surface area contributed by atoms with Gasteiger partial charge in [-0.05, 0) is 43.9 Å². The van der Waals surface area contributed by atoms with Crippen LogP contribution in [0, 0.1) is 5.92 Å². The largest absolute Gasteiger partial charge is 0.339 e. The van der Waals surface area contributed by atoms with Crippen molar-refractivity contribution in [3.05, 3.63) is 30.1 Å². The molecule has 2 aliphatic rings. The van der Waals surface area contributed by atoms with Gasteiger partial charge in [-0.2, -0.15) is 0 Å². The van der Waals surface area contributed by atoms with Crippen molar-refractivity contribution in [3.8, 4) is 0 Å². The highest BCUT2D eigenvalue weighted by molar-refractivity contribution is 5.84. The van der Waals surface area contributed by atoms with Crippen molar-refractivity contribution in [3.63, 3.8) is 0 Å². The second-order valence-corrected chi connectivity index (χ2v) is 6.97. The molecule has 0 N–H and O–H groups in total. The fraction of sp³-hybridized carbons (Fsp3) is 0.588. The van der Waals surface area contributed by atoms with Crippen molar-refractivity contribution in [2.24, 2.45) is 5.92 Å². The summed E-state index contributed by atoms with van der Waals surface area (Å²) in [6.07, 6.45) is 4.49. The summed E-state index contributed by atoms with van der Waals surface area (Å²) in [5, 5.41) is 0. The van der Waals surface area contributed by atoms with E-state index in [0.29, 0.717) is 25.6 Å². The maximum atomic E-state index is 12.8. The number of piperazine rings is 1. The fourth-order valence-electron chi connectivity index (χ4n) is 3.48. The number of rotatable bonds is 2. The number of hydrogen-bond acceptors (Lipinski definition) is 3. The number of nitrogens with zero attached hydrogens (tertiary/aromatic N) is 3. The molecule has 1 saturated heterocycles. The topological polar surface area (TPSA) is 53.5 Å². The van der Waals surface area contributed by atoms with Gasteiger partial charge in [0.25, 0.3) is 0 Å². The molecule has 118 valence electrons. The molecule has 3 rings (SSSR count). The van der Waals surface area contributed by atoms with Crippen LogP contribution in [0.2, 0.25) is 0 Å². The van der Waals surface area contributed by atoms with E-state index in [9.17, 15) is 9.59 Å². The lowest BCUT2D eigenvalue weighted by Gasteiger charge is -2.47. The number of pyridine rings is 1. The molecule has 5 nitrogen and oxygen atoms in total. The van der Waals surface area contributed by atoms with Crippen LogP contribution in [0.4, 0.5) is 0 Å². The van der Waals surface area contributed by atoms with Crippen LogP contribution in [-0.4, -0.2) is 51.8 Å². The number of carbonyl (C=O) groups is 2. The molecule has 1 aliphatic carbocycles. The first-order valence-electron chi connectivity index (χ1n) is 7.87. The Morgan fingerprint density at radius 1 is 1.23 bits per heavy atom. The predicted octanol–water partition coefficient (Wildman–Crippen LogP) is 1.65. The first kappa shape index (κ1) is 15.0. The molecule has 0 bridgehead atoms. The molecule has 0 radical (unpaired) electrons. The van der Waals surface area contributed by atoms with E-state index in [4.69, 9.17) is 0 Å². The zero-order chi connectivity index (χ0) is 15.9. The fourth-order valence-corrected chi connectivity index (χ4v) is 3.48. The highest BCUT2D eigenvalue weighted by Gasteiger charge is 2.49. The van der Waals surface area contributed by atoms with Crippen LogP contribution in [0.3, 0.4) is 0 Å². The molecule has 2 atom stereocenters. The van der Waals surface area contributed by atoms with Gasteiger partial charge in [0.15, 0.2) is 0 Å². The Morgan fingerprint density at radius 2 is 1.91 bits per heavy atom. The van der Waals surface area contributed by atoms with Crippen LogP contribution in [0.25, 0.3) is 0 Å². The van der Waals surface area contributed by atoms with E-state index in [2.05, 4.69) is 4.98 Å². The maximum Gasteiger partial charge on any atom is 0.226 e. The summed E-state index contributed by atoms with van der Waals surface area (Å²) in [5.74, 6) is 0.735. The lowest BCUT2D eigenvalue weighted by atomic mass is 9.97. The summed E-state index contributed by atoms with van der Waals surface area (Å²) in [6, 6.07) is 3.99. The van der Waals surface area contributed by atoms with Gasteiger partial charge in [0.2, 0.25) is 11.8 Å². The van der Waals surface area contributed by atoms with E-state index in [0.717, 1.165) is 6.42 Å².